The Morgan fingerprint density at radius 1 is 0.977 bits per heavy atom. The summed E-state index contributed by atoms with van der Waals surface area (Å²) in [5.74, 6) is 0.752. The molecule has 1 N–H and O–H groups in total. The topological polar surface area (TPSA) is 95.7 Å². The number of fused-ring (bicyclic) bond motifs is 1. The van der Waals surface area contributed by atoms with Gasteiger partial charge in [-0.1, -0.05) is 55.0 Å². The van der Waals surface area contributed by atoms with Crippen LogP contribution < -0.4 is 9.47 Å². The summed E-state index contributed by atoms with van der Waals surface area (Å²) in [5, 5.41) is 19.3. The van der Waals surface area contributed by atoms with Crippen molar-refractivity contribution in [1.82, 2.24) is 9.88 Å². The molecule has 0 unspecified atom stereocenters. The summed E-state index contributed by atoms with van der Waals surface area (Å²) in [6.45, 7) is 4.08. The molecule has 1 aliphatic carbocycles. The van der Waals surface area contributed by atoms with Gasteiger partial charge in [-0.15, -0.1) is 0 Å². The van der Waals surface area contributed by atoms with Crippen LogP contribution in [0.1, 0.15) is 64.6 Å². The first-order valence-corrected chi connectivity index (χ1v) is 15.4. The van der Waals surface area contributed by atoms with Crippen LogP contribution in [0.3, 0.4) is 0 Å². The third kappa shape index (κ3) is 6.31. The van der Waals surface area contributed by atoms with E-state index in [0.29, 0.717) is 30.9 Å². The first-order valence-electron chi connectivity index (χ1n) is 15.4. The summed E-state index contributed by atoms with van der Waals surface area (Å²) in [6, 6.07) is 22.2. The van der Waals surface area contributed by atoms with Crippen LogP contribution in [0.4, 0.5) is 0 Å². The van der Waals surface area contributed by atoms with Gasteiger partial charge in [0, 0.05) is 36.1 Å². The SMILES string of the molecule is Cc1c(COc2cc(OCc3cncc(C#N)c3)c(CN3CCCC[C@H]3C(=O)O)c3c2CCC3)cccc1-c1ccccc1. The fourth-order valence-corrected chi connectivity index (χ4v) is 6.60. The van der Waals surface area contributed by atoms with Gasteiger partial charge in [0.05, 0.1) is 5.56 Å². The van der Waals surface area contributed by atoms with Crippen LogP contribution in [-0.4, -0.2) is 33.5 Å². The Bertz CT molecular complexity index is 1700. The summed E-state index contributed by atoms with van der Waals surface area (Å²) in [7, 11) is 0. The number of pyridine rings is 1. The molecule has 4 aromatic rings. The molecule has 0 amide bonds. The molecule has 7 heteroatoms. The van der Waals surface area contributed by atoms with Gasteiger partial charge in [0.2, 0.25) is 0 Å². The van der Waals surface area contributed by atoms with Crippen molar-refractivity contribution < 1.29 is 19.4 Å². The van der Waals surface area contributed by atoms with Gasteiger partial charge in [-0.25, -0.2) is 0 Å². The van der Waals surface area contributed by atoms with E-state index in [1.165, 1.54) is 34.0 Å². The lowest BCUT2D eigenvalue weighted by atomic mass is 9.96. The van der Waals surface area contributed by atoms with Crippen LogP contribution >= 0.6 is 0 Å². The maximum atomic E-state index is 12.1. The van der Waals surface area contributed by atoms with E-state index in [1.807, 2.05) is 12.1 Å². The molecule has 0 bridgehead atoms. The Kier molecular flexibility index (Phi) is 8.90. The number of rotatable bonds is 10. The second-order valence-corrected chi connectivity index (χ2v) is 11.7. The Hall–Kier alpha value is -4.67. The van der Waals surface area contributed by atoms with Gasteiger partial charge in [0.25, 0.3) is 0 Å². The number of carboxylic acid groups (broad SMARTS) is 1. The van der Waals surface area contributed by atoms with E-state index in [0.717, 1.165) is 61.1 Å². The Labute approximate surface area is 258 Å². The van der Waals surface area contributed by atoms with Gasteiger partial charge in [-0.05, 0) is 85.0 Å². The summed E-state index contributed by atoms with van der Waals surface area (Å²) in [4.78, 5) is 18.4. The average Bonchev–Trinajstić information content (AvgIpc) is 3.55. The number of nitrogens with zero attached hydrogens (tertiary/aromatic N) is 3. The minimum atomic E-state index is -0.767. The lowest BCUT2D eigenvalue weighted by molar-refractivity contribution is -0.144. The number of ether oxygens (including phenoxy) is 2. The first-order chi connectivity index (χ1) is 21.5. The van der Waals surface area contributed by atoms with E-state index >= 15 is 0 Å². The molecule has 2 aliphatic rings. The van der Waals surface area contributed by atoms with Crippen molar-refractivity contribution >= 4 is 5.97 Å². The largest absolute Gasteiger partial charge is 0.488 e. The van der Waals surface area contributed by atoms with Gasteiger partial charge in [-0.3, -0.25) is 14.7 Å². The molecule has 7 nitrogen and oxygen atoms in total. The summed E-state index contributed by atoms with van der Waals surface area (Å²) >= 11 is 0. The van der Waals surface area contributed by atoms with Gasteiger partial charge in [-0.2, -0.15) is 5.26 Å². The monoisotopic (exact) mass is 587 g/mol. The molecule has 1 fully saturated rings. The number of aromatic nitrogens is 1. The number of carbonyl (C=O) groups is 1. The number of benzene rings is 3. The summed E-state index contributed by atoms with van der Waals surface area (Å²) in [5.41, 5.74) is 9.43. The van der Waals surface area contributed by atoms with Crippen LogP contribution in [0.25, 0.3) is 11.1 Å². The third-order valence-corrected chi connectivity index (χ3v) is 8.93. The highest BCUT2D eigenvalue weighted by Gasteiger charge is 2.32. The molecule has 224 valence electrons. The van der Waals surface area contributed by atoms with E-state index in [4.69, 9.17) is 9.47 Å². The molecule has 3 aromatic carbocycles. The molecule has 1 saturated heterocycles. The number of nitriles is 1. The molecule has 0 radical (unpaired) electrons. The minimum absolute atomic E-state index is 0.244. The molecule has 1 aromatic heterocycles. The van der Waals surface area contributed by atoms with Crippen molar-refractivity contribution in [3.05, 3.63) is 112 Å². The molecule has 1 aliphatic heterocycles. The van der Waals surface area contributed by atoms with E-state index in [1.54, 1.807) is 12.3 Å². The number of likely N-dealkylation sites (tertiary alicyclic amines) is 1. The van der Waals surface area contributed by atoms with Gasteiger partial charge in [0.1, 0.15) is 36.8 Å². The number of aliphatic carboxylic acids is 1. The lowest BCUT2D eigenvalue weighted by Crippen LogP contribution is -2.44. The van der Waals surface area contributed by atoms with Crippen molar-refractivity contribution in [1.29, 1.82) is 5.26 Å². The first kappa shape index (κ1) is 29.4. The van der Waals surface area contributed by atoms with Crippen LogP contribution in [0.15, 0.2) is 73.1 Å². The number of hydrogen-bond acceptors (Lipinski definition) is 6. The normalized spacial score (nSPS) is 16.2. The smallest absolute Gasteiger partial charge is 0.320 e. The highest BCUT2D eigenvalue weighted by Crippen LogP contribution is 2.41. The van der Waals surface area contributed by atoms with Crippen molar-refractivity contribution in [3.8, 4) is 28.7 Å². The van der Waals surface area contributed by atoms with Gasteiger partial charge in [0.15, 0.2) is 0 Å². The Morgan fingerprint density at radius 3 is 2.61 bits per heavy atom. The Morgan fingerprint density at radius 2 is 1.80 bits per heavy atom. The molecule has 44 heavy (non-hydrogen) atoms. The summed E-state index contributed by atoms with van der Waals surface area (Å²) in [6.07, 6.45) is 8.64. The van der Waals surface area contributed by atoms with E-state index < -0.39 is 12.0 Å². The van der Waals surface area contributed by atoms with Gasteiger partial charge >= 0.3 is 5.97 Å². The molecule has 0 spiro atoms. The summed E-state index contributed by atoms with van der Waals surface area (Å²) < 4.78 is 13.1. The van der Waals surface area contributed by atoms with Crippen molar-refractivity contribution in [2.45, 2.75) is 71.2 Å². The zero-order chi connectivity index (χ0) is 30.5. The van der Waals surface area contributed by atoms with Crippen LogP contribution in [0.2, 0.25) is 0 Å². The van der Waals surface area contributed by atoms with Gasteiger partial charge < -0.3 is 14.6 Å². The predicted octanol–water partition coefficient (Wildman–Crippen LogP) is 7.01. The highest BCUT2D eigenvalue weighted by molar-refractivity contribution is 5.73. The van der Waals surface area contributed by atoms with Crippen LogP contribution in [0, 0.1) is 18.3 Å². The maximum absolute atomic E-state index is 12.1. The minimum Gasteiger partial charge on any atom is -0.488 e. The molecule has 0 saturated carbocycles. The van der Waals surface area contributed by atoms with E-state index in [9.17, 15) is 15.2 Å². The second-order valence-electron chi connectivity index (χ2n) is 11.7. The van der Waals surface area contributed by atoms with Crippen molar-refractivity contribution in [2.75, 3.05) is 6.54 Å². The van der Waals surface area contributed by atoms with E-state index in [2.05, 4.69) is 65.3 Å². The molecule has 6 rings (SSSR count). The fourth-order valence-electron chi connectivity index (χ4n) is 6.60. The van der Waals surface area contributed by atoms with E-state index in [-0.39, 0.29) is 6.61 Å². The molecule has 1 atom stereocenters. The quantitative estimate of drug-likeness (QED) is 0.213. The molecular formula is C37H37N3O4. The zero-order valence-electron chi connectivity index (χ0n) is 25.1. The highest BCUT2D eigenvalue weighted by atomic mass is 16.5. The Balaban J connectivity index is 1.33. The van der Waals surface area contributed by atoms with Crippen LogP contribution in [0.5, 0.6) is 11.5 Å². The second kappa shape index (κ2) is 13.3. The van der Waals surface area contributed by atoms with Crippen molar-refractivity contribution in [3.63, 3.8) is 0 Å². The average molecular weight is 588 g/mol. The zero-order valence-corrected chi connectivity index (χ0v) is 25.1. The number of hydrogen-bond donors (Lipinski definition) is 1. The van der Waals surface area contributed by atoms with Crippen molar-refractivity contribution in [2.24, 2.45) is 0 Å². The van der Waals surface area contributed by atoms with Crippen LogP contribution in [-0.2, 0) is 37.4 Å². The number of piperidine rings is 1. The maximum Gasteiger partial charge on any atom is 0.320 e. The lowest BCUT2D eigenvalue weighted by Gasteiger charge is -2.34. The number of carboxylic acids is 1. The third-order valence-electron chi connectivity index (χ3n) is 8.93. The standard InChI is InChI=1S/C37H37N3O4/c1-25-29(11-7-12-30(25)28-9-3-2-4-10-28)24-44-35-18-36(43-23-27-17-26(19-38)20-39-21-27)33(31-13-8-14-32(31)35)22-40-16-6-5-15-34(40)37(41)42/h2-4,7,9-12,17-18,20-21,34H,5-6,8,13-16,22-24H2,1H3,(H,41,42)/t34-/m0/s1. The predicted molar refractivity (Wildman–Crippen MR) is 168 cm³/mol. The fraction of sp³-hybridized carbons (Fsp3) is 0.324. The molecular weight excluding hydrogens is 550 g/mol. The molecule has 2 heterocycles.